The van der Waals surface area contributed by atoms with Gasteiger partial charge in [0.15, 0.2) is 16.7 Å². The van der Waals surface area contributed by atoms with Crippen LogP contribution in [0.25, 0.3) is 11.0 Å². The normalized spacial score (nSPS) is 15.3. The summed E-state index contributed by atoms with van der Waals surface area (Å²) in [4.78, 5) is 44.9. The van der Waals surface area contributed by atoms with Gasteiger partial charge in [-0.2, -0.15) is 0 Å². The van der Waals surface area contributed by atoms with Crippen molar-refractivity contribution in [3.05, 3.63) is 58.7 Å². The lowest BCUT2D eigenvalue weighted by Gasteiger charge is -2.20. The molecule has 2 aromatic carbocycles. The molecule has 1 aromatic heterocycles. The quantitative estimate of drug-likeness (QED) is 0.524. The minimum atomic E-state index is -1.04. The number of aliphatic carboxylic acids is 1. The number of carbonyl (C=O) groups is 3. The number of carbonyl (C=O) groups excluding carboxylic acids is 2. The number of benzene rings is 2. The second kappa shape index (κ2) is 6.06. The molecule has 0 saturated carbocycles. The van der Waals surface area contributed by atoms with Crippen LogP contribution in [0.2, 0.25) is 0 Å². The van der Waals surface area contributed by atoms with Crippen molar-refractivity contribution in [2.75, 3.05) is 0 Å². The van der Waals surface area contributed by atoms with E-state index in [9.17, 15) is 19.5 Å². The molecule has 6 nitrogen and oxygen atoms in total. The zero-order valence-electron chi connectivity index (χ0n) is 14.7. The number of H-pyrrole nitrogens is 1. The van der Waals surface area contributed by atoms with E-state index in [1.807, 2.05) is 0 Å². The van der Waals surface area contributed by atoms with Gasteiger partial charge in [0.25, 0.3) is 0 Å². The van der Waals surface area contributed by atoms with Crippen LogP contribution < -0.4 is 0 Å². The average molecular weight is 380 g/mol. The van der Waals surface area contributed by atoms with Gasteiger partial charge in [-0.25, -0.2) is 4.98 Å². The van der Waals surface area contributed by atoms with Crippen LogP contribution in [0.5, 0.6) is 0 Å². The molecule has 2 N–H and O–H groups in total. The van der Waals surface area contributed by atoms with Crippen molar-refractivity contribution in [3.8, 4) is 0 Å². The minimum Gasteiger partial charge on any atom is -0.480 e. The standard InChI is InChI=1S/C20H16N2O4S/c1-3-20(2,18(25)26)27-19-21-13-9-8-12-14(15(13)22-19)17(24)11-7-5-4-6-10(11)16(12)23/h4-9H,3H2,1-2H3,(H,21,22)(H,25,26). The van der Waals surface area contributed by atoms with E-state index in [1.54, 1.807) is 50.2 Å². The van der Waals surface area contributed by atoms with Gasteiger partial charge >= 0.3 is 5.97 Å². The highest BCUT2D eigenvalue weighted by molar-refractivity contribution is 8.01. The fraction of sp³-hybridized carbons (Fsp3) is 0.200. The molecule has 0 aliphatic heterocycles. The molecular formula is C20H16N2O4S. The first kappa shape index (κ1) is 17.5. The topological polar surface area (TPSA) is 100 Å². The molecule has 0 spiro atoms. The number of rotatable bonds is 4. The summed E-state index contributed by atoms with van der Waals surface area (Å²) < 4.78 is -1.04. The summed E-state index contributed by atoms with van der Waals surface area (Å²) in [6, 6.07) is 10.0. The third-order valence-electron chi connectivity index (χ3n) is 4.97. The molecule has 0 bridgehead atoms. The Balaban J connectivity index is 1.87. The first-order valence-electron chi connectivity index (χ1n) is 8.49. The Morgan fingerprint density at radius 1 is 1.11 bits per heavy atom. The Morgan fingerprint density at radius 3 is 2.41 bits per heavy atom. The molecule has 0 radical (unpaired) electrons. The van der Waals surface area contributed by atoms with Crippen LogP contribution in [-0.4, -0.2) is 37.4 Å². The minimum absolute atomic E-state index is 0.199. The highest BCUT2D eigenvalue weighted by Gasteiger charge is 2.35. The molecule has 1 atom stereocenters. The largest absolute Gasteiger partial charge is 0.480 e. The molecule has 4 rings (SSSR count). The van der Waals surface area contributed by atoms with E-state index in [4.69, 9.17) is 0 Å². The van der Waals surface area contributed by atoms with E-state index < -0.39 is 10.7 Å². The maximum Gasteiger partial charge on any atom is 0.319 e. The van der Waals surface area contributed by atoms with Crippen LogP contribution in [0.4, 0.5) is 0 Å². The predicted molar refractivity (Wildman–Crippen MR) is 102 cm³/mol. The zero-order valence-corrected chi connectivity index (χ0v) is 15.5. The molecule has 1 unspecified atom stereocenters. The van der Waals surface area contributed by atoms with E-state index in [1.165, 1.54) is 0 Å². The van der Waals surface area contributed by atoms with Crippen molar-refractivity contribution in [2.24, 2.45) is 0 Å². The predicted octanol–water partition coefficient (Wildman–Crippen LogP) is 3.68. The van der Waals surface area contributed by atoms with E-state index in [2.05, 4.69) is 9.97 Å². The van der Waals surface area contributed by atoms with Crippen molar-refractivity contribution < 1.29 is 19.5 Å². The van der Waals surface area contributed by atoms with E-state index >= 15 is 0 Å². The Kier molecular flexibility index (Phi) is 3.92. The maximum atomic E-state index is 13.0. The number of ketones is 2. The number of aromatic amines is 1. The third kappa shape index (κ3) is 2.57. The summed E-state index contributed by atoms with van der Waals surface area (Å²) in [6.07, 6.45) is 0.410. The van der Waals surface area contributed by atoms with Crippen molar-refractivity contribution in [1.82, 2.24) is 9.97 Å². The van der Waals surface area contributed by atoms with Crippen molar-refractivity contribution >= 4 is 40.3 Å². The molecule has 0 amide bonds. The highest BCUT2D eigenvalue weighted by Crippen LogP contribution is 2.37. The van der Waals surface area contributed by atoms with E-state index in [0.29, 0.717) is 44.9 Å². The molecule has 7 heteroatoms. The van der Waals surface area contributed by atoms with Gasteiger partial charge in [-0.15, -0.1) is 0 Å². The fourth-order valence-electron chi connectivity index (χ4n) is 3.17. The average Bonchev–Trinajstić information content (AvgIpc) is 3.07. The fourth-order valence-corrected chi connectivity index (χ4v) is 4.12. The van der Waals surface area contributed by atoms with Crippen LogP contribution >= 0.6 is 11.8 Å². The Bertz CT molecular complexity index is 1130. The second-order valence-electron chi connectivity index (χ2n) is 6.62. The third-order valence-corrected chi connectivity index (χ3v) is 6.27. The zero-order chi connectivity index (χ0) is 19.3. The summed E-state index contributed by atoms with van der Waals surface area (Å²) in [6.45, 7) is 3.43. The summed E-state index contributed by atoms with van der Waals surface area (Å²) >= 11 is 1.10. The number of fused-ring (bicyclic) bond motifs is 4. The molecule has 3 aromatic rings. The summed E-state index contributed by atoms with van der Waals surface area (Å²) in [5.41, 5.74) is 2.39. The summed E-state index contributed by atoms with van der Waals surface area (Å²) in [7, 11) is 0. The lowest BCUT2D eigenvalue weighted by molar-refractivity contribution is -0.139. The number of carboxylic acid groups (broad SMARTS) is 1. The van der Waals surface area contributed by atoms with Crippen LogP contribution in [0.3, 0.4) is 0 Å². The number of nitrogens with zero attached hydrogens (tertiary/aromatic N) is 1. The summed E-state index contributed by atoms with van der Waals surface area (Å²) in [5.74, 6) is -1.37. The number of carboxylic acids is 1. The molecule has 1 aliphatic carbocycles. The first-order valence-corrected chi connectivity index (χ1v) is 9.31. The second-order valence-corrected chi connectivity index (χ2v) is 8.11. The Morgan fingerprint density at radius 2 is 1.78 bits per heavy atom. The van der Waals surface area contributed by atoms with Gasteiger partial charge in [0, 0.05) is 16.7 Å². The van der Waals surface area contributed by atoms with Gasteiger partial charge < -0.3 is 10.1 Å². The van der Waals surface area contributed by atoms with Crippen LogP contribution in [0.15, 0.2) is 41.6 Å². The molecule has 27 heavy (non-hydrogen) atoms. The smallest absolute Gasteiger partial charge is 0.319 e. The maximum absolute atomic E-state index is 13.0. The molecule has 136 valence electrons. The lowest BCUT2D eigenvalue weighted by Crippen LogP contribution is -2.30. The van der Waals surface area contributed by atoms with Crippen molar-refractivity contribution in [2.45, 2.75) is 30.2 Å². The molecule has 1 aliphatic rings. The monoisotopic (exact) mass is 380 g/mol. The molecule has 1 heterocycles. The van der Waals surface area contributed by atoms with Gasteiger partial charge in [0.05, 0.1) is 16.6 Å². The van der Waals surface area contributed by atoms with Crippen molar-refractivity contribution in [1.29, 1.82) is 0 Å². The number of hydrogen-bond donors (Lipinski definition) is 2. The van der Waals surface area contributed by atoms with E-state index in [-0.39, 0.29) is 11.6 Å². The number of aromatic nitrogens is 2. The van der Waals surface area contributed by atoms with E-state index in [0.717, 1.165) is 11.8 Å². The van der Waals surface area contributed by atoms with Gasteiger partial charge in [0.1, 0.15) is 4.75 Å². The number of thioether (sulfide) groups is 1. The molecular weight excluding hydrogens is 364 g/mol. The molecule has 0 saturated heterocycles. The molecule has 0 fully saturated rings. The SMILES string of the molecule is CCC(C)(Sc1nc2ccc3c(c2[nH]1)C(=O)c1ccccc1C3=O)C(=O)O. The van der Waals surface area contributed by atoms with Crippen LogP contribution in [0.1, 0.15) is 52.1 Å². The highest BCUT2D eigenvalue weighted by atomic mass is 32.2. The number of nitrogens with one attached hydrogen (secondary N) is 1. The Labute approximate surface area is 159 Å². The number of imidazole rings is 1. The Hall–Kier alpha value is -2.93. The van der Waals surface area contributed by atoms with Crippen LogP contribution in [0, 0.1) is 0 Å². The van der Waals surface area contributed by atoms with Gasteiger partial charge in [-0.1, -0.05) is 43.0 Å². The summed E-state index contributed by atoms with van der Waals surface area (Å²) in [5, 5.41) is 9.89. The first-order chi connectivity index (χ1) is 12.9. The van der Waals surface area contributed by atoms with Gasteiger partial charge in [0.2, 0.25) is 0 Å². The van der Waals surface area contributed by atoms with Crippen molar-refractivity contribution in [3.63, 3.8) is 0 Å². The van der Waals surface area contributed by atoms with Gasteiger partial charge in [-0.3, -0.25) is 14.4 Å². The number of hydrogen-bond acceptors (Lipinski definition) is 5. The van der Waals surface area contributed by atoms with Crippen LogP contribution in [-0.2, 0) is 4.79 Å². The van der Waals surface area contributed by atoms with Gasteiger partial charge in [-0.05, 0) is 25.5 Å². The lowest BCUT2D eigenvalue weighted by atomic mass is 9.83.